The molecular formula is C19H26N2O3. The second-order valence-electron chi connectivity index (χ2n) is 6.67. The zero-order chi connectivity index (χ0) is 16.9. The minimum atomic E-state index is -0.250. The zero-order valence-corrected chi connectivity index (χ0v) is 14.1. The van der Waals surface area contributed by atoms with Crippen molar-refractivity contribution in [2.75, 3.05) is 13.7 Å². The highest BCUT2D eigenvalue weighted by Gasteiger charge is 2.40. The highest BCUT2D eigenvalue weighted by Crippen LogP contribution is 2.36. The van der Waals surface area contributed by atoms with Crippen molar-refractivity contribution in [1.29, 1.82) is 0 Å². The van der Waals surface area contributed by atoms with Gasteiger partial charge in [-0.05, 0) is 43.7 Å². The summed E-state index contributed by atoms with van der Waals surface area (Å²) in [5.74, 6) is 0. The van der Waals surface area contributed by atoms with Crippen molar-refractivity contribution in [3.63, 3.8) is 0 Å². The molecule has 0 amide bonds. The predicted molar refractivity (Wildman–Crippen MR) is 94.2 cm³/mol. The number of carbonyl (C=O) groups is 1. The Kier molecular flexibility index (Phi) is 5.53. The van der Waals surface area contributed by atoms with Gasteiger partial charge in [-0.2, -0.15) is 0 Å². The van der Waals surface area contributed by atoms with Crippen molar-refractivity contribution in [1.82, 2.24) is 9.88 Å². The third-order valence-electron chi connectivity index (χ3n) is 5.49. The van der Waals surface area contributed by atoms with Gasteiger partial charge in [-0.15, -0.1) is 0 Å². The number of nitrogens with one attached hydrogen (secondary N) is 1. The number of para-hydroxylation sites is 1. The normalized spacial score (nSPS) is 26.1. The molecule has 2 aliphatic heterocycles. The van der Waals surface area contributed by atoms with Crippen molar-refractivity contribution < 1.29 is 14.6 Å². The predicted octanol–water partition coefficient (Wildman–Crippen LogP) is 3.05. The Morgan fingerprint density at radius 1 is 1.29 bits per heavy atom. The molecule has 1 unspecified atom stereocenters. The first-order valence-corrected chi connectivity index (χ1v) is 8.68. The van der Waals surface area contributed by atoms with Gasteiger partial charge in [0.15, 0.2) is 0 Å². The Labute approximate surface area is 142 Å². The van der Waals surface area contributed by atoms with Gasteiger partial charge in [-0.3, -0.25) is 9.69 Å². The summed E-state index contributed by atoms with van der Waals surface area (Å²) in [5.41, 5.74) is 2.72. The quantitative estimate of drug-likeness (QED) is 0.846. The van der Waals surface area contributed by atoms with Gasteiger partial charge in [-0.1, -0.05) is 18.2 Å². The number of H-pyrrole nitrogens is 1. The topological polar surface area (TPSA) is 65.6 Å². The summed E-state index contributed by atoms with van der Waals surface area (Å²) in [6, 6.07) is 10.1. The van der Waals surface area contributed by atoms with E-state index in [1.807, 2.05) is 7.11 Å². The second-order valence-corrected chi connectivity index (χ2v) is 6.67. The van der Waals surface area contributed by atoms with Crippen LogP contribution in [0.2, 0.25) is 0 Å². The van der Waals surface area contributed by atoms with Crippen LogP contribution in [0.15, 0.2) is 30.5 Å². The molecule has 130 valence electrons. The number of aromatic nitrogens is 1. The van der Waals surface area contributed by atoms with E-state index in [4.69, 9.17) is 14.6 Å². The summed E-state index contributed by atoms with van der Waals surface area (Å²) >= 11 is 0. The maximum Gasteiger partial charge on any atom is 0.290 e. The molecule has 5 nitrogen and oxygen atoms in total. The van der Waals surface area contributed by atoms with E-state index in [1.165, 1.54) is 48.7 Å². The van der Waals surface area contributed by atoms with Gasteiger partial charge in [-0.25, -0.2) is 0 Å². The van der Waals surface area contributed by atoms with Gasteiger partial charge >= 0.3 is 0 Å². The minimum Gasteiger partial charge on any atom is -0.483 e. The van der Waals surface area contributed by atoms with Crippen LogP contribution in [0.3, 0.4) is 0 Å². The molecule has 0 saturated carbocycles. The fourth-order valence-corrected chi connectivity index (χ4v) is 4.37. The van der Waals surface area contributed by atoms with Crippen molar-refractivity contribution in [2.24, 2.45) is 0 Å². The molecule has 4 rings (SSSR count). The van der Waals surface area contributed by atoms with E-state index in [-0.39, 0.29) is 6.47 Å². The summed E-state index contributed by atoms with van der Waals surface area (Å²) in [7, 11) is 1.87. The fourth-order valence-electron chi connectivity index (χ4n) is 4.37. The molecule has 2 aliphatic rings. The van der Waals surface area contributed by atoms with Gasteiger partial charge in [0.1, 0.15) is 0 Å². The zero-order valence-electron chi connectivity index (χ0n) is 14.1. The lowest BCUT2D eigenvalue weighted by Gasteiger charge is -2.38. The monoisotopic (exact) mass is 330 g/mol. The van der Waals surface area contributed by atoms with Gasteiger partial charge in [0, 0.05) is 42.8 Å². The molecule has 3 heterocycles. The summed E-state index contributed by atoms with van der Waals surface area (Å²) in [4.78, 5) is 14.5. The van der Waals surface area contributed by atoms with Crippen LogP contribution < -0.4 is 0 Å². The van der Waals surface area contributed by atoms with Crippen LogP contribution in [0.4, 0.5) is 0 Å². The molecule has 0 radical (unpaired) electrons. The number of benzene rings is 1. The molecule has 1 aromatic heterocycles. The molecule has 2 aromatic rings. The fraction of sp³-hybridized carbons (Fsp3) is 0.526. The molecular weight excluding hydrogens is 304 g/mol. The highest BCUT2D eigenvalue weighted by atomic mass is 16.5. The lowest BCUT2D eigenvalue weighted by Crippen LogP contribution is -2.45. The molecule has 2 N–H and O–H groups in total. The van der Waals surface area contributed by atoms with Crippen LogP contribution in [0.5, 0.6) is 0 Å². The lowest BCUT2D eigenvalue weighted by molar-refractivity contribution is -0.122. The van der Waals surface area contributed by atoms with E-state index < -0.39 is 0 Å². The lowest BCUT2D eigenvalue weighted by atomic mass is 9.99. The summed E-state index contributed by atoms with van der Waals surface area (Å²) in [5, 5.41) is 8.27. The smallest absolute Gasteiger partial charge is 0.290 e. The maximum absolute atomic E-state index is 8.36. The van der Waals surface area contributed by atoms with Crippen molar-refractivity contribution >= 4 is 17.4 Å². The number of nitrogens with zero attached hydrogens (tertiary/aromatic N) is 1. The van der Waals surface area contributed by atoms with E-state index in [2.05, 4.69) is 40.3 Å². The molecule has 0 aliphatic carbocycles. The van der Waals surface area contributed by atoms with E-state index in [9.17, 15) is 0 Å². The van der Waals surface area contributed by atoms with E-state index in [0.717, 1.165) is 18.5 Å². The van der Waals surface area contributed by atoms with Gasteiger partial charge < -0.3 is 14.8 Å². The number of carboxylic acid groups (broad SMARTS) is 1. The van der Waals surface area contributed by atoms with Crippen LogP contribution in [-0.4, -0.2) is 53.3 Å². The van der Waals surface area contributed by atoms with Gasteiger partial charge in [0.2, 0.25) is 0 Å². The first-order valence-electron chi connectivity index (χ1n) is 8.68. The molecule has 2 fully saturated rings. The number of ether oxygens (including phenoxy) is 1. The SMILES string of the molecule is COC1C[C@H]2CC[C@@H](C1)N2CCc1c[nH]c2ccccc12.O=CO. The third-order valence-corrected chi connectivity index (χ3v) is 5.49. The summed E-state index contributed by atoms with van der Waals surface area (Å²) in [6.45, 7) is 0.938. The van der Waals surface area contributed by atoms with Crippen LogP contribution >= 0.6 is 0 Å². The molecule has 0 spiro atoms. The van der Waals surface area contributed by atoms with Crippen molar-refractivity contribution in [2.45, 2.75) is 50.3 Å². The van der Waals surface area contributed by atoms with Crippen LogP contribution in [-0.2, 0) is 16.0 Å². The summed E-state index contributed by atoms with van der Waals surface area (Å²) in [6.07, 6.45) is 8.99. The average molecular weight is 330 g/mol. The maximum atomic E-state index is 8.36. The molecule has 1 aromatic carbocycles. The Morgan fingerprint density at radius 3 is 2.62 bits per heavy atom. The Balaban J connectivity index is 0.000000526. The first kappa shape index (κ1) is 17.0. The molecule has 24 heavy (non-hydrogen) atoms. The molecule has 2 bridgehead atoms. The van der Waals surface area contributed by atoms with E-state index in [0.29, 0.717) is 6.10 Å². The van der Waals surface area contributed by atoms with Gasteiger partial charge in [0.25, 0.3) is 6.47 Å². The number of aromatic amines is 1. The number of fused-ring (bicyclic) bond motifs is 3. The van der Waals surface area contributed by atoms with E-state index >= 15 is 0 Å². The minimum absolute atomic E-state index is 0.250. The average Bonchev–Trinajstić information content (AvgIpc) is 3.11. The highest BCUT2D eigenvalue weighted by molar-refractivity contribution is 5.83. The summed E-state index contributed by atoms with van der Waals surface area (Å²) < 4.78 is 5.60. The largest absolute Gasteiger partial charge is 0.483 e. The number of hydrogen-bond acceptors (Lipinski definition) is 3. The molecule has 5 heteroatoms. The van der Waals surface area contributed by atoms with E-state index in [1.54, 1.807) is 0 Å². The Morgan fingerprint density at radius 2 is 1.96 bits per heavy atom. The number of rotatable bonds is 4. The molecule has 3 atom stereocenters. The standard InChI is InChI=1S/C18H24N2O.CH2O2/c1-21-16-10-14-6-7-15(11-16)20(14)9-8-13-12-19-18-5-3-2-4-17(13)18;2-1-3/h2-5,12,14-16,19H,6-11H2,1H3;1H,(H,2,3)/t14-,15+,16?;. The second kappa shape index (κ2) is 7.81. The van der Waals surface area contributed by atoms with Crippen LogP contribution in [0.25, 0.3) is 10.9 Å². The van der Waals surface area contributed by atoms with Crippen molar-refractivity contribution in [3.8, 4) is 0 Å². The van der Waals surface area contributed by atoms with Crippen molar-refractivity contribution in [3.05, 3.63) is 36.0 Å². The number of hydrogen-bond donors (Lipinski definition) is 2. The van der Waals surface area contributed by atoms with Crippen LogP contribution in [0, 0.1) is 0 Å². The number of piperidine rings is 1. The van der Waals surface area contributed by atoms with Gasteiger partial charge in [0.05, 0.1) is 6.10 Å². The van der Waals surface area contributed by atoms with Crippen LogP contribution in [0.1, 0.15) is 31.2 Å². The first-order chi connectivity index (χ1) is 11.8. The molecule has 2 saturated heterocycles. The third kappa shape index (κ3) is 3.47. The Bertz CT molecular complexity index is 655. The number of methoxy groups -OCH3 is 1. The Hall–Kier alpha value is -1.85.